The lowest BCUT2D eigenvalue weighted by Gasteiger charge is -2.32. The average molecular weight is 292 g/mol. The first-order chi connectivity index (χ1) is 9.82. The van der Waals surface area contributed by atoms with Crippen LogP contribution in [0.2, 0.25) is 0 Å². The van der Waals surface area contributed by atoms with E-state index in [1.54, 1.807) is 0 Å². The second-order valence-corrected chi connectivity index (χ2v) is 5.53. The molecule has 0 spiro atoms. The zero-order valence-electron chi connectivity index (χ0n) is 13.1. The molecule has 0 radical (unpaired) electrons. The number of likely N-dealkylation sites (N-methyl/N-ethyl adjacent to an activating group) is 1. The molecule has 1 aromatic rings. The van der Waals surface area contributed by atoms with E-state index in [0.29, 0.717) is 6.54 Å². The van der Waals surface area contributed by atoms with E-state index in [2.05, 4.69) is 0 Å². The molecule has 0 bridgehead atoms. The molecule has 1 aromatic carbocycles. The van der Waals surface area contributed by atoms with Crippen LogP contribution in [0.3, 0.4) is 0 Å². The standard InChI is InChI=1S/C16H24N2O3/c1-12(2)18(11-15(19)20)16(21)13(3)17(4)10-14-8-6-5-7-9-14/h5-9,12-13H,10-11H2,1-4H3,(H,19,20). The topological polar surface area (TPSA) is 60.9 Å². The summed E-state index contributed by atoms with van der Waals surface area (Å²) >= 11 is 0. The van der Waals surface area contributed by atoms with Gasteiger partial charge in [-0.3, -0.25) is 14.5 Å². The Hall–Kier alpha value is -1.88. The van der Waals surface area contributed by atoms with Crippen molar-refractivity contribution in [2.75, 3.05) is 13.6 Å². The molecule has 1 N–H and O–H groups in total. The van der Waals surface area contributed by atoms with Crippen LogP contribution >= 0.6 is 0 Å². The molecule has 1 amide bonds. The van der Waals surface area contributed by atoms with Gasteiger partial charge in [-0.1, -0.05) is 30.3 Å². The van der Waals surface area contributed by atoms with Crippen molar-refractivity contribution in [1.29, 1.82) is 0 Å². The number of hydrogen-bond donors (Lipinski definition) is 1. The molecule has 0 saturated carbocycles. The van der Waals surface area contributed by atoms with Gasteiger partial charge in [0, 0.05) is 12.6 Å². The molecular weight excluding hydrogens is 268 g/mol. The van der Waals surface area contributed by atoms with Crippen LogP contribution in [0.1, 0.15) is 26.3 Å². The molecule has 5 nitrogen and oxygen atoms in total. The lowest BCUT2D eigenvalue weighted by Crippen LogP contribution is -2.49. The molecule has 0 saturated heterocycles. The minimum absolute atomic E-state index is 0.138. The maximum Gasteiger partial charge on any atom is 0.323 e. The summed E-state index contributed by atoms with van der Waals surface area (Å²) in [5, 5.41) is 8.93. The number of rotatable bonds is 7. The summed E-state index contributed by atoms with van der Waals surface area (Å²) in [6.07, 6.45) is 0. The van der Waals surface area contributed by atoms with Crippen molar-refractivity contribution in [3.05, 3.63) is 35.9 Å². The van der Waals surface area contributed by atoms with E-state index < -0.39 is 5.97 Å². The average Bonchev–Trinajstić information content (AvgIpc) is 2.43. The summed E-state index contributed by atoms with van der Waals surface area (Å²) in [6, 6.07) is 9.37. The van der Waals surface area contributed by atoms with E-state index in [9.17, 15) is 9.59 Å². The molecule has 116 valence electrons. The Kier molecular flexibility index (Phi) is 6.37. The van der Waals surface area contributed by atoms with Crippen LogP contribution in [0.15, 0.2) is 30.3 Å². The predicted molar refractivity (Wildman–Crippen MR) is 81.9 cm³/mol. The molecule has 0 heterocycles. The predicted octanol–water partition coefficient (Wildman–Crippen LogP) is 1.83. The summed E-state index contributed by atoms with van der Waals surface area (Å²) in [5.41, 5.74) is 1.12. The van der Waals surface area contributed by atoms with Gasteiger partial charge in [-0.05, 0) is 33.4 Å². The third-order valence-electron chi connectivity index (χ3n) is 3.51. The Balaban J connectivity index is 2.73. The van der Waals surface area contributed by atoms with Gasteiger partial charge in [0.25, 0.3) is 0 Å². The van der Waals surface area contributed by atoms with E-state index in [1.165, 1.54) is 4.90 Å². The van der Waals surface area contributed by atoms with Gasteiger partial charge in [0.15, 0.2) is 0 Å². The normalized spacial score (nSPS) is 12.5. The van der Waals surface area contributed by atoms with Gasteiger partial charge < -0.3 is 10.0 Å². The first-order valence-electron chi connectivity index (χ1n) is 7.09. The molecule has 1 unspecified atom stereocenters. The zero-order valence-corrected chi connectivity index (χ0v) is 13.1. The van der Waals surface area contributed by atoms with Gasteiger partial charge in [-0.25, -0.2) is 0 Å². The minimum Gasteiger partial charge on any atom is -0.480 e. The van der Waals surface area contributed by atoms with Gasteiger partial charge >= 0.3 is 5.97 Å². The Labute approximate surface area is 126 Å². The van der Waals surface area contributed by atoms with E-state index >= 15 is 0 Å². The second kappa shape index (κ2) is 7.78. The Morgan fingerprint density at radius 3 is 2.19 bits per heavy atom. The number of nitrogens with zero attached hydrogens (tertiary/aromatic N) is 2. The molecule has 21 heavy (non-hydrogen) atoms. The van der Waals surface area contributed by atoms with Crippen molar-refractivity contribution >= 4 is 11.9 Å². The smallest absolute Gasteiger partial charge is 0.323 e. The van der Waals surface area contributed by atoms with Crippen LogP contribution in [0, 0.1) is 0 Å². The van der Waals surface area contributed by atoms with Crippen LogP contribution < -0.4 is 0 Å². The third kappa shape index (κ3) is 5.19. The molecule has 0 aromatic heterocycles. The van der Waals surface area contributed by atoms with Gasteiger partial charge in [-0.15, -0.1) is 0 Å². The highest BCUT2D eigenvalue weighted by Gasteiger charge is 2.27. The number of hydrogen-bond acceptors (Lipinski definition) is 3. The molecule has 5 heteroatoms. The number of carbonyl (C=O) groups is 2. The quantitative estimate of drug-likeness (QED) is 0.833. The van der Waals surface area contributed by atoms with E-state index in [4.69, 9.17) is 5.11 Å². The number of benzene rings is 1. The number of carboxylic acids is 1. The number of aliphatic carboxylic acids is 1. The fraction of sp³-hybridized carbons (Fsp3) is 0.500. The number of amides is 1. The summed E-state index contributed by atoms with van der Waals surface area (Å²) in [7, 11) is 1.87. The highest BCUT2D eigenvalue weighted by molar-refractivity contribution is 5.85. The number of carboxylic acid groups (broad SMARTS) is 1. The van der Waals surface area contributed by atoms with Crippen molar-refractivity contribution in [2.24, 2.45) is 0 Å². The summed E-state index contributed by atoms with van der Waals surface area (Å²) in [6.45, 7) is 5.84. The molecule has 0 fully saturated rings. The zero-order chi connectivity index (χ0) is 16.0. The highest BCUT2D eigenvalue weighted by atomic mass is 16.4. The van der Waals surface area contributed by atoms with Gasteiger partial charge in [0.1, 0.15) is 6.54 Å². The van der Waals surface area contributed by atoms with E-state index in [1.807, 2.05) is 63.1 Å². The lowest BCUT2D eigenvalue weighted by atomic mass is 10.1. The summed E-state index contributed by atoms with van der Waals surface area (Å²) in [5.74, 6) is -1.15. The van der Waals surface area contributed by atoms with Crippen molar-refractivity contribution in [1.82, 2.24) is 9.80 Å². The second-order valence-electron chi connectivity index (χ2n) is 5.53. The fourth-order valence-corrected chi connectivity index (χ4v) is 2.10. The van der Waals surface area contributed by atoms with Crippen molar-refractivity contribution in [2.45, 2.75) is 39.4 Å². The monoisotopic (exact) mass is 292 g/mol. The SMILES string of the molecule is CC(C(=O)N(CC(=O)O)C(C)C)N(C)Cc1ccccc1. The molecule has 0 aliphatic carbocycles. The third-order valence-corrected chi connectivity index (χ3v) is 3.51. The molecule has 0 aliphatic rings. The van der Waals surface area contributed by atoms with Gasteiger partial charge in [-0.2, -0.15) is 0 Å². The van der Waals surface area contributed by atoms with E-state index in [-0.39, 0.29) is 24.5 Å². The lowest BCUT2D eigenvalue weighted by molar-refractivity contribution is -0.148. The first-order valence-corrected chi connectivity index (χ1v) is 7.09. The van der Waals surface area contributed by atoms with Crippen LogP contribution in [-0.2, 0) is 16.1 Å². The minimum atomic E-state index is -0.991. The van der Waals surface area contributed by atoms with Crippen LogP contribution in [0.25, 0.3) is 0 Å². The van der Waals surface area contributed by atoms with Gasteiger partial charge in [0.2, 0.25) is 5.91 Å². The van der Waals surface area contributed by atoms with Crippen LogP contribution in [-0.4, -0.2) is 52.5 Å². The van der Waals surface area contributed by atoms with Crippen LogP contribution in [0.5, 0.6) is 0 Å². The van der Waals surface area contributed by atoms with E-state index in [0.717, 1.165) is 5.56 Å². The Morgan fingerprint density at radius 1 is 1.14 bits per heavy atom. The largest absolute Gasteiger partial charge is 0.480 e. The molecule has 0 aliphatic heterocycles. The molecule has 1 rings (SSSR count). The van der Waals surface area contributed by atoms with Crippen LogP contribution in [0.4, 0.5) is 0 Å². The molecular formula is C16H24N2O3. The van der Waals surface area contributed by atoms with Crippen molar-refractivity contribution < 1.29 is 14.7 Å². The Bertz CT molecular complexity index is 474. The highest BCUT2D eigenvalue weighted by Crippen LogP contribution is 2.10. The molecule has 1 atom stereocenters. The fourth-order valence-electron chi connectivity index (χ4n) is 2.10. The summed E-state index contributed by atoms with van der Waals surface area (Å²) in [4.78, 5) is 26.7. The van der Waals surface area contributed by atoms with Crippen molar-refractivity contribution in [3.8, 4) is 0 Å². The van der Waals surface area contributed by atoms with Crippen molar-refractivity contribution in [3.63, 3.8) is 0 Å². The summed E-state index contributed by atoms with van der Waals surface area (Å²) < 4.78 is 0. The maximum atomic E-state index is 12.5. The number of carbonyl (C=O) groups excluding carboxylic acids is 1. The first kappa shape index (κ1) is 17.2. The Morgan fingerprint density at radius 2 is 1.71 bits per heavy atom. The van der Waals surface area contributed by atoms with Gasteiger partial charge in [0.05, 0.1) is 6.04 Å². The maximum absolute atomic E-state index is 12.5.